The summed E-state index contributed by atoms with van der Waals surface area (Å²) in [4.78, 5) is 25.3. The van der Waals surface area contributed by atoms with Gasteiger partial charge in [0, 0.05) is 31.5 Å². The van der Waals surface area contributed by atoms with Crippen LogP contribution in [0.2, 0.25) is 0 Å². The fourth-order valence-corrected chi connectivity index (χ4v) is 2.92. The molecule has 6 nitrogen and oxygen atoms in total. The van der Waals surface area contributed by atoms with E-state index in [2.05, 4.69) is 0 Å². The molecule has 1 amide bonds. The topological polar surface area (TPSA) is 76.1 Å². The van der Waals surface area contributed by atoms with Crippen LogP contribution in [0, 0.1) is 0 Å². The Morgan fingerprint density at radius 3 is 2.74 bits per heavy atom. The number of hydrogen-bond acceptors (Lipinski definition) is 5. The van der Waals surface area contributed by atoms with Crippen LogP contribution in [0.5, 0.6) is 5.75 Å². The molecule has 1 aliphatic heterocycles. The molecule has 7 heteroatoms. The lowest BCUT2D eigenvalue weighted by Crippen LogP contribution is -2.40. The van der Waals surface area contributed by atoms with Crippen LogP contribution in [-0.2, 0) is 9.53 Å². The van der Waals surface area contributed by atoms with Crippen LogP contribution in [0.25, 0.3) is 0 Å². The highest BCUT2D eigenvalue weighted by Crippen LogP contribution is 2.27. The molecule has 0 saturated carbocycles. The fraction of sp³-hybridized carbons (Fsp3) is 0.500. The average molecular weight is 285 g/mol. The zero-order valence-corrected chi connectivity index (χ0v) is 11.5. The number of nitrogens with zero attached hydrogens (tertiary/aromatic N) is 1. The van der Waals surface area contributed by atoms with Gasteiger partial charge in [0.25, 0.3) is 5.91 Å². The number of likely N-dealkylation sites (tertiary alicyclic amines) is 1. The van der Waals surface area contributed by atoms with Gasteiger partial charge in [-0.1, -0.05) is 0 Å². The van der Waals surface area contributed by atoms with Gasteiger partial charge in [-0.15, -0.1) is 11.3 Å². The zero-order valence-electron chi connectivity index (χ0n) is 10.7. The van der Waals surface area contributed by atoms with E-state index in [9.17, 15) is 14.7 Å². The number of ether oxygens (including phenoxy) is 2. The van der Waals surface area contributed by atoms with Crippen LogP contribution >= 0.6 is 11.3 Å². The predicted octanol–water partition coefficient (Wildman–Crippen LogP) is 1.07. The Morgan fingerprint density at radius 1 is 1.47 bits per heavy atom. The van der Waals surface area contributed by atoms with Gasteiger partial charge >= 0.3 is 5.97 Å². The molecular weight excluding hydrogens is 270 g/mol. The van der Waals surface area contributed by atoms with Gasteiger partial charge in [0.2, 0.25) is 0 Å². The zero-order chi connectivity index (χ0) is 14.0. The monoisotopic (exact) mass is 285 g/mol. The Kier molecular flexibility index (Phi) is 4.06. The van der Waals surface area contributed by atoms with Crippen LogP contribution in [-0.4, -0.2) is 54.8 Å². The number of aliphatic carboxylic acids is 1. The molecule has 0 aliphatic carbocycles. The Morgan fingerprint density at radius 2 is 2.21 bits per heavy atom. The summed E-state index contributed by atoms with van der Waals surface area (Å²) >= 11 is 1.24. The van der Waals surface area contributed by atoms with Crippen molar-refractivity contribution in [1.82, 2.24) is 4.90 Å². The van der Waals surface area contributed by atoms with Crippen molar-refractivity contribution < 1.29 is 24.2 Å². The van der Waals surface area contributed by atoms with E-state index >= 15 is 0 Å². The summed E-state index contributed by atoms with van der Waals surface area (Å²) in [6, 6.07) is 0.789. The Hall–Kier alpha value is -1.60. The summed E-state index contributed by atoms with van der Waals surface area (Å²) in [6.45, 7) is 0.298. The summed E-state index contributed by atoms with van der Waals surface area (Å²) < 4.78 is 10.2. The number of carbonyl (C=O) groups excluding carboxylic acids is 1. The lowest BCUT2D eigenvalue weighted by molar-refractivity contribution is -0.141. The largest absolute Gasteiger partial charge is 0.496 e. The summed E-state index contributed by atoms with van der Waals surface area (Å²) in [5.41, 5.74) is 0. The van der Waals surface area contributed by atoms with Crippen LogP contribution in [0.1, 0.15) is 16.1 Å². The number of carbonyl (C=O) groups is 2. The first kappa shape index (κ1) is 13.8. The lowest BCUT2D eigenvalue weighted by atomic mass is 10.2. The van der Waals surface area contributed by atoms with E-state index in [0.717, 1.165) is 0 Å². The highest BCUT2D eigenvalue weighted by atomic mass is 32.1. The number of hydrogen-bond donors (Lipinski definition) is 1. The smallest absolute Gasteiger partial charge is 0.326 e. The van der Waals surface area contributed by atoms with Gasteiger partial charge in [-0.3, -0.25) is 4.79 Å². The number of rotatable bonds is 4. The van der Waals surface area contributed by atoms with Gasteiger partial charge in [-0.2, -0.15) is 0 Å². The molecule has 2 atom stereocenters. The molecule has 0 bridgehead atoms. The van der Waals surface area contributed by atoms with E-state index in [0.29, 0.717) is 23.6 Å². The maximum Gasteiger partial charge on any atom is 0.326 e. The molecule has 2 unspecified atom stereocenters. The molecule has 2 rings (SSSR count). The second-order valence-corrected chi connectivity index (χ2v) is 5.17. The first-order chi connectivity index (χ1) is 9.06. The van der Waals surface area contributed by atoms with Crippen molar-refractivity contribution in [3.05, 3.63) is 16.3 Å². The first-order valence-corrected chi connectivity index (χ1v) is 6.64. The molecule has 0 spiro atoms. The fourth-order valence-electron chi connectivity index (χ4n) is 2.11. The van der Waals surface area contributed by atoms with Crippen molar-refractivity contribution in [2.75, 3.05) is 20.8 Å². The van der Waals surface area contributed by atoms with Gasteiger partial charge in [0.15, 0.2) is 0 Å². The Balaban J connectivity index is 2.18. The summed E-state index contributed by atoms with van der Waals surface area (Å²) in [5.74, 6) is -0.695. The molecule has 19 heavy (non-hydrogen) atoms. The second kappa shape index (κ2) is 5.58. The summed E-state index contributed by atoms with van der Waals surface area (Å²) in [7, 11) is 3.04. The van der Waals surface area contributed by atoms with Crippen molar-refractivity contribution in [3.8, 4) is 5.75 Å². The van der Waals surface area contributed by atoms with Crippen LogP contribution in [0.4, 0.5) is 0 Å². The summed E-state index contributed by atoms with van der Waals surface area (Å²) in [6.07, 6.45) is 0.0898. The van der Waals surface area contributed by atoms with Gasteiger partial charge < -0.3 is 19.5 Å². The van der Waals surface area contributed by atoms with Gasteiger partial charge in [-0.05, 0) is 0 Å². The normalized spacial score (nSPS) is 22.5. The lowest BCUT2D eigenvalue weighted by Gasteiger charge is -2.20. The third-order valence-electron chi connectivity index (χ3n) is 3.16. The number of methoxy groups -OCH3 is 2. The first-order valence-electron chi connectivity index (χ1n) is 5.76. The number of thiophene rings is 1. The molecule has 2 heterocycles. The minimum Gasteiger partial charge on any atom is -0.496 e. The molecule has 1 N–H and O–H groups in total. The molecular formula is C12H15NO5S. The van der Waals surface area contributed by atoms with Crippen molar-refractivity contribution in [1.29, 1.82) is 0 Å². The van der Waals surface area contributed by atoms with Gasteiger partial charge in [0.1, 0.15) is 11.8 Å². The molecule has 104 valence electrons. The summed E-state index contributed by atoms with van der Waals surface area (Å²) in [5, 5.41) is 10.9. The highest BCUT2D eigenvalue weighted by Gasteiger charge is 2.40. The van der Waals surface area contributed by atoms with E-state index in [4.69, 9.17) is 9.47 Å². The van der Waals surface area contributed by atoms with Crippen LogP contribution in [0.15, 0.2) is 11.4 Å². The Bertz CT molecular complexity index is 486. The van der Waals surface area contributed by atoms with Crippen LogP contribution in [0.3, 0.4) is 0 Å². The SMILES string of the molecule is COc1csc(C(=O)N2CC(OC)CC2C(=O)O)c1. The second-order valence-electron chi connectivity index (χ2n) is 4.26. The van der Waals surface area contributed by atoms with E-state index in [1.54, 1.807) is 11.4 Å². The van der Waals surface area contributed by atoms with Gasteiger partial charge in [0.05, 0.1) is 18.1 Å². The quantitative estimate of drug-likeness (QED) is 0.895. The van der Waals surface area contributed by atoms with Crippen LogP contribution < -0.4 is 4.74 Å². The van der Waals surface area contributed by atoms with E-state index in [-0.39, 0.29) is 12.0 Å². The molecule has 1 saturated heterocycles. The van der Waals surface area contributed by atoms with E-state index in [1.807, 2.05) is 0 Å². The van der Waals surface area contributed by atoms with E-state index in [1.165, 1.54) is 30.5 Å². The molecule has 1 aromatic heterocycles. The molecule has 1 fully saturated rings. The molecule has 1 aromatic rings. The Labute approximate surface area is 114 Å². The predicted molar refractivity (Wildman–Crippen MR) is 68.7 cm³/mol. The maximum absolute atomic E-state index is 12.3. The third kappa shape index (κ3) is 2.71. The van der Waals surface area contributed by atoms with Crippen molar-refractivity contribution in [2.45, 2.75) is 18.6 Å². The molecule has 0 radical (unpaired) electrons. The number of carboxylic acids is 1. The highest BCUT2D eigenvalue weighted by molar-refractivity contribution is 7.12. The minimum atomic E-state index is -1.00. The maximum atomic E-state index is 12.3. The van der Waals surface area contributed by atoms with Gasteiger partial charge in [-0.25, -0.2) is 4.79 Å². The molecule has 1 aliphatic rings. The van der Waals surface area contributed by atoms with Crippen molar-refractivity contribution in [2.24, 2.45) is 0 Å². The molecule has 0 aromatic carbocycles. The van der Waals surface area contributed by atoms with E-state index < -0.39 is 12.0 Å². The third-order valence-corrected chi connectivity index (χ3v) is 4.06. The standard InChI is InChI=1S/C12H15NO5S/c1-17-7-3-9(12(15)16)13(5-7)11(14)10-4-8(18-2)6-19-10/h4,6-7,9H,3,5H2,1-2H3,(H,15,16). The minimum absolute atomic E-state index is 0.230. The number of carboxylic acid groups (broad SMARTS) is 1. The number of amides is 1. The average Bonchev–Trinajstić information content (AvgIpc) is 3.04. The van der Waals surface area contributed by atoms with Crippen molar-refractivity contribution in [3.63, 3.8) is 0 Å². The van der Waals surface area contributed by atoms with Crippen molar-refractivity contribution >= 4 is 23.2 Å².